The summed E-state index contributed by atoms with van der Waals surface area (Å²) in [5, 5.41) is 3.25. The first-order chi connectivity index (χ1) is 8.76. The topological polar surface area (TPSA) is 47.6 Å². The number of esters is 1. The van der Waals surface area contributed by atoms with Crippen LogP contribution in [0, 0.1) is 5.92 Å². The van der Waals surface area contributed by atoms with E-state index in [1.165, 1.54) is 12.7 Å². The van der Waals surface area contributed by atoms with E-state index in [1.54, 1.807) is 7.11 Å². The zero-order chi connectivity index (χ0) is 13.0. The lowest BCUT2D eigenvalue weighted by Crippen LogP contribution is -2.22. The Morgan fingerprint density at radius 2 is 2.00 bits per heavy atom. The van der Waals surface area contributed by atoms with Crippen LogP contribution in [0.3, 0.4) is 0 Å². The van der Waals surface area contributed by atoms with Crippen molar-refractivity contribution in [2.75, 3.05) is 27.3 Å². The molecule has 2 unspecified atom stereocenters. The van der Waals surface area contributed by atoms with Gasteiger partial charge in [-0.15, -0.1) is 0 Å². The van der Waals surface area contributed by atoms with Crippen molar-refractivity contribution in [1.29, 1.82) is 0 Å². The molecule has 0 amide bonds. The Morgan fingerprint density at radius 3 is 2.61 bits per heavy atom. The summed E-state index contributed by atoms with van der Waals surface area (Å²) in [7, 11) is 3.13. The van der Waals surface area contributed by atoms with Gasteiger partial charge in [-0.05, 0) is 11.1 Å². The zero-order valence-electron chi connectivity index (χ0n) is 10.8. The Kier molecular flexibility index (Phi) is 4.33. The zero-order valence-corrected chi connectivity index (χ0v) is 10.8. The molecule has 0 aromatic heterocycles. The van der Waals surface area contributed by atoms with E-state index in [9.17, 15) is 4.79 Å². The van der Waals surface area contributed by atoms with Gasteiger partial charge in [0.05, 0.1) is 19.6 Å². The lowest BCUT2D eigenvalue weighted by molar-refractivity contribution is -0.145. The maximum absolute atomic E-state index is 11.7. The van der Waals surface area contributed by atoms with Crippen LogP contribution in [0.4, 0.5) is 0 Å². The predicted octanol–water partition coefficient (Wildman–Crippen LogP) is 1.31. The molecule has 98 valence electrons. The summed E-state index contributed by atoms with van der Waals surface area (Å²) in [5.41, 5.74) is 2.32. The highest BCUT2D eigenvalue weighted by atomic mass is 16.5. The van der Waals surface area contributed by atoms with Crippen molar-refractivity contribution in [2.45, 2.75) is 12.5 Å². The van der Waals surface area contributed by atoms with E-state index < -0.39 is 0 Å². The first-order valence-electron chi connectivity index (χ1n) is 6.12. The van der Waals surface area contributed by atoms with Gasteiger partial charge in [-0.3, -0.25) is 4.79 Å². The van der Waals surface area contributed by atoms with Crippen LogP contribution in [0.5, 0.6) is 0 Å². The smallest absolute Gasteiger partial charge is 0.310 e. The first-order valence-corrected chi connectivity index (χ1v) is 6.12. The van der Waals surface area contributed by atoms with Crippen LogP contribution in [-0.2, 0) is 20.9 Å². The van der Waals surface area contributed by atoms with Gasteiger partial charge >= 0.3 is 5.97 Å². The number of carbonyl (C=O) groups excluding carboxylic acids is 1. The van der Waals surface area contributed by atoms with Crippen LogP contribution >= 0.6 is 0 Å². The number of hydrogen-bond acceptors (Lipinski definition) is 4. The third kappa shape index (κ3) is 2.71. The molecule has 18 heavy (non-hydrogen) atoms. The summed E-state index contributed by atoms with van der Waals surface area (Å²) in [5.74, 6) is -0.0108. The van der Waals surface area contributed by atoms with Crippen LogP contribution in [0.2, 0.25) is 0 Å². The normalized spacial score (nSPS) is 23.0. The molecule has 0 spiro atoms. The van der Waals surface area contributed by atoms with Gasteiger partial charge in [0.2, 0.25) is 0 Å². The van der Waals surface area contributed by atoms with E-state index in [-0.39, 0.29) is 17.8 Å². The molecule has 1 aliphatic rings. The van der Waals surface area contributed by atoms with Gasteiger partial charge in [0, 0.05) is 26.1 Å². The van der Waals surface area contributed by atoms with E-state index >= 15 is 0 Å². The molecule has 1 fully saturated rings. The number of nitrogens with one attached hydrogen (secondary N) is 1. The van der Waals surface area contributed by atoms with E-state index in [0.29, 0.717) is 13.2 Å². The second kappa shape index (κ2) is 5.98. The lowest BCUT2D eigenvalue weighted by atomic mass is 9.88. The van der Waals surface area contributed by atoms with Crippen molar-refractivity contribution in [3.05, 3.63) is 35.4 Å². The van der Waals surface area contributed by atoms with Gasteiger partial charge in [0.15, 0.2) is 0 Å². The molecule has 2 rings (SSSR count). The summed E-state index contributed by atoms with van der Waals surface area (Å²) in [6, 6.07) is 8.24. The van der Waals surface area contributed by atoms with Crippen LogP contribution in [-0.4, -0.2) is 33.3 Å². The van der Waals surface area contributed by atoms with Gasteiger partial charge in [0.1, 0.15) is 0 Å². The summed E-state index contributed by atoms with van der Waals surface area (Å²) in [6.07, 6.45) is 0. The number of rotatable bonds is 4. The van der Waals surface area contributed by atoms with Crippen LogP contribution in [0.15, 0.2) is 24.3 Å². The minimum Gasteiger partial charge on any atom is -0.469 e. The minimum atomic E-state index is -0.133. The molecule has 1 N–H and O–H groups in total. The van der Waals surface area contributed by atoms with Gasteiger partial charge in [-0.1, -0.05) is 24.3 Å². The summed E-state index contributed by atoms with van der Waals surface area (Å²) in [6.45, 7) is 2.13. The molecule has 0 aliphatic carbocycles. The monoisotopic (exact) mass is 249 g/mol. The summed E-state index contributed by atoms with van der Waals surface area (Å²) in [4.78, 5) is 11.7. The highest BCUT2D eigenvalue weighted by molar-refractivity contribution is 5.74. The average Bonchev–Trinajstić information content (AvgIpc) is 2.88. The van der Waals surface area contributed by atoms with Crippen LogP contribution in [0.25, 0.3) is 0 Å². The van der Waals surface area contributed by atoms with Gasteiger partial charge in [-0.25, -0.2) is 0 Å². The maximum Gasteiger partial charge on any atom is 0.310 e. The molecule has 1 aliphatic heterocycles. The number of benzene rings is 1. The molecule has 0 bridgehead atoms. The lowest BCUT2D eigenvalue weighted by Gasteiger charge is -2.17. The third-order valence-corrected chi connectivity index (χ3v) is 3.44. The van der Waals surface area contributed by atoms with Crippen LogP contribution in [0.1, 0.15) is 17.0 Å². The van der Waals surface area contributed by atoms with Gasteiger partial charge < -0.3 is 14.8 Å². The second-order valence-corrected chi connectivity index (χ2v) is 4.57. The first kappa shape index (κ1) is 13.1. The fourth-order valence-corrected chi connectivity index (χ4v) is 2.46. The molecule has 1 aromatic carbocycles. The molecule has 0 radical (unpaired) electrons. The number of ether oxygens (including phenoxy) is 2. The Morgan fingerprint density at radius 1 is 1.28 bits per heavy atom. The van der Waals surface area contributed by atoms with E-state index in [2.05, 4.69) is 17.4 Å². The SMILES string of the molecule is COCc1ccc(C2CNCC2C(=O)OC)cc1. The van der Waals surface area contributed by atoms with Crippen LogP contribution < -0.4 is 5.32 Å². The number of hydrogen-bond donors (Lipinski definition) is 1. The standard InChI is InChI=1S/C14H19NO3/c1-17-9-10-3-5-11(6-4-10)12-7-15-8-13(12)14(16)18-2/h3-6,12-13,15H,7-9H2,1-2H3. The van der Waals surface area contributed by atoms with Gasteiger partial charge in [-0.2, -0.15) is 0 Å². The fraction of sp³-hybridized carbons (Fsp3) is 0.500. The average molecular weight is 249 g/mol. The Labute approximate surface area is 107 Å². The van der Waals surface area contributed by atoms with Crippen molar-refractivity contribution in [1.82, 2.24) is 5.32 Å². The van der Waals surface area contributed by atoms with Crippen molar-refractivity contribution in [2.24, 2.45) is 5.92 Å². The molecule has 4 nitrogen and oxygen atoms in total. The Hall–Kier alpha value is -1.39. The molecular weight excluding hydrogens is 230 g/mol. The minimum absolute atomic E-state index is 0.0803. The fourth-order valence-electron chi connectivity index (χ4n) is 2.46. The second-order valence-electron chi connectivity index (χ2n) is 4.57. The third-order valence-electron chi connectivity index (χ3n) is 3.44. The number of carbonyl (C=O) groups is 1. The van der Waals surface area contributed by atoms with Crippen molar-refractivity contribution >= 4 is 5.97 Å². The molecule has 1 heterocycles. The van der Waals surface area contributed by atoms with Crippen molar-refractivity contribution in [3.63, 3.8) is 0 Å². The molecule has 2 atom stereocenters. The van der Waals surface area contributed by atoms with E-state index in [1.807, 2.05) is 12.1 Å². The largest absolute Gasteiger partial charge is 0.469 e. The summed E-state index contributed by atoms with van der Waals surface area (Å²) >= 11 is 0. The Bertz CT molecular complexity index is 402. The number of methoxy groups -OCH3 is 2. The molecule has 1 aromatic rings. The molecule has 4 heteroatoms. The van der Waals surface area contributed by atoms with E-state index in [0.717, 1.165) is 12.1 Å². The highest BCUT2D eigenvalue weighted by Crippen LogP contribution is 2.29. The van der Waals surface area contributed by atoms with Crippen molar-refractivity contribution in [3.8, 4) is 0 Å². The van der Waals surface area contributed by atoms with Crippen molar-refractivity contribution < 1.29 is 14.3 Å². The Balaban J connectivity index is 2.12. The summed E-state index contributed by atoms with van der Waals surface area (Å²) < 4.78 is 9.93. The molecular formula is C14H19NO3. The van der Waals surface area contributed by atoms with E-state index in [4.69, 9.17) is 9.47 Å². The molecule has 0 saturated carbocycles. The highest BCUT2D eigenvalue weighted by Gasteiger charge is 2.34. The molecule has 1 saturated heterocycles. The van der Waals surface area contributed by atoms with Gasteiger partial charge in [0.25, 0.3) is 0 Å². The maximum atomic E-state index is 11.7. The quantitative estimate of drug-likeness (QED) is 0.817. The predicted molar refractivity (Wildman–Crippen MR) is 68.3 cm³/mol.